The smallest absolute Gasteiger partial charge is 0.273 e. The van der Waals surface area contributed by atoms with Gasteiger partial charge in [-0.15, -0.1) is 0 Å². The first-order valence-electron chi connectivity index (χ1n) is 11.3. The largest absolute Gasteiger partial charge is 0.507 e. The molecule has 38 heavy (non-hydrogen) atoms. The van der Waals surface area contributed by atoms with Crippen LogP contribution in [-0.2, 0) is 0 Å². The molecule has 4 aromatic carbocycles. The minimum atomic E-state index is -0.657. The molecule has 0 aliphatic heterocycles. The lowest BCUT2D eigenvalue weighted by Gasteiger charge is -2.10. The number of carbonyl (C=O) groups is 4. The number of phenolic OH excluding ortho intramolecular Hbond substituents is 2. The van der Waals surface area contributed by atoms with Crippen molar-refractivity contribution < 1.29 is 29.4 Å². The summed E-state index contributed by atoms with van der Waals surface area (Å²) in [7, 11) is 0. The van der Waals surface area contributed by atoms with Gasteiger partial charge in [0.15, 0.2) is 0 Å². The van der Waals surface area contributed by atoms with Gasteiger partial charge in [0, 0.05) is 11.1 Å². The predicted octanol–water partition coefficient (Wildman–Crippen LogP) is 2.91. The van der Waals surface area contributed by atoms with Crippen molar-refractivity contribution in [3.05, 3.63) is 119 Å². The van der Waals surface area contributed by atoms with Crippen molar-refractivity contribution in [3.63, 3.8) is 0 Å². The zero-order valence-corrected chi connectivity index (χ0v) is 19.8. The van der Waals surface area contributed by atoms with E-state index in [2.05, 4.69) is 21.7 Å². The van der Waals surface area contributed by atoms with Crippen molar-refractivity contribution in [3.8, 4) is 22.6 Å². The van der Waals surface area contributed by atoms with Gasteiger partial charge in [0.05, 0.1) is 11.1 Å². The molecular formula is C28H22N4O6. The number of nitrogens with one attached hydrogen (secondary N) is 4. The Morgan fingerprint density at radius 3 is 1.08 bits per heavy atom. The lowest BCUT2D eigenvalue weighted by atomic mass is 10.0. The van der Waals surface area contributed by atoms with Gasteiger partial charge in [-0.25, -0.2) is 0 Å². The van der Waals surface area contributed by atoms with Crippen LogP contribution in [0.2, 0.25) is 0 Å². The molecule has 10 nitrogen and oxygen atoms in total. The number of hydrogen-bond acceptors (Lipinski definition) is 6. The predicted molar refractivity (Wildman–Crippen MR) is 138 cm³/mol. The Bertz CT molecular complexity index is 1390. The van der Waals surface area contributed by atoms with E-state index in [1.807, 2.05) is 0 Å². The highest BCUT2D eigenvalue weighted by Gasteiger charge is 2.14. The molecule has 0 unspecified atom stereocenters. The topological polar surface area (TPSA) is 157 Å². The summed E-state index contributed by atoms with van der Waals surface area (Å²) in [6, 6.07) is 25.0. The molecular weight excluding hydrogens is 488 g/mol. The summed E-state index contributed by atoms with van der Waals surface area (Å²) < 4.78 is 0. The normalized spacial score (nSPS) is 10.2. The van der Waals surface area contributed by atoms with Crippen LogP contribution >= 0.6 is 0 Å². The maximum atomic E-state index is 12.4. The molecule has 0 heterocycles. The van der Waals surface area contributed by atoms with Gasteiger partial charge in [0.25, 0.3) is 23.6 Å². The summed E-state index contributed by atoms with van der Waals surface area (Å²) in [5.74, 6) is -2.81. The Hall–Kier alpha value is -5.64. The van der Waals surface area contributed by atoms with Gasteiger partial charge >= 0.3 is 0 Å². The number of benzene rings is 4. The van der Waals surface area contributed by atoms with E-state index in [0.29, 0.717) is 11.1 Å². The molecule has 0 aliphatic rings. The van der Waals surface area contributed by atoms with Gasteiger partial charge in [0.1, 0.15) is 11.5 Å². The lowest BCUT2D eigenvalue weighted by Crippen LogP contribution is -2.41. The Labute approximate surface area is 216 Å². The molecule has 0 bridgehead atoms. The van der Waals surface area contributed by atoms with Crippen molar-refractivity contribution in [1.29, 1.82) is 0 Å². The van der Waals surface area contributed by atoms with Crippen molar-refractivity contribution in [1.82, 2.24) is 21.7 Å². The quantitative estimate of drug-likeness (QED) is 0.227. The van der Waals surface area contributed by atoms with Crippen LogP contribution in [0.25, 0.3) is 11.1 Å². The third kappa shape index (κ3) is 5.94. The molecule has 0 atom stereocenters. The number of para-hydroxylation sites is 2. The van der Waals surface area contributed by atoms with E-state index in [1.165, 1.54) is 24.3 Å². The number of aromatic hydroxyl groups is 2. The van der Waals surface area contributed by atoms with Crippen LogP contribution < -0.4 is 21.7 Å². The summed E-state index contributed by atoms with van der Waals surface area (Å²) in [6.07, 6.45) is 0. The van der Waals surface area contributed by atoms with Gasteiger partial charge in [-0.3, -0.25) is 40.9 Å². The number of amides is 4. The molecule has 0 aliphatic carbocycles. The Morgan fingerprint density at radius 2 is 0.737 bits per heavy atom. The monoisotopic (exact) mass is 510 g/mol. The first-order chi connectivity index (χ1) is 18.3. The van der Waals surface area contributed by atoms with Gasteiger partial charge in [0.2, 0.25) is 0 Å². The zero-order valence-electron chi connectivity index (χ0n) is 19.8. The van der Waals surface area contributed by atoms with Crippen LogP contribution in [0.1, 0.15) is 41.4 Å². The van der Waals surface area contributed by atoms with Gasteiger partial charge in [-0.2, -0.15) is 0 Å². The number of carbonyl (C=O) groups excluding carboxylic acids is 4. The van der Waals surface area contributed by atoms with Gasteiger partial charge in [-0.05, 0) is 59.7 Å². The fourth-order valence-electron chi connectivity index (χ4n) is 3.47. The van der Waals surface area contributed by atoms with E-state index in [4.69, 9.17) is 0 Å². The average Bonchev–Trinajstić information content (AvgIpc) is 2.95. The van der Waals surface area contributed by atoms with E-state index in [0.717, 1.165) is 11.1 Å². The van der Waals surface area contributed by atoms with Gasteiger partial charge < -0.3 is 10.2 Å². The molecule has 4 aromatic rings. The fourth-order valence-corrected chi connectivity index (χ4v) is 3.47. The van der Waals surface area contributed by atoms with E-state index in [-0.39, 0.29) is 22.6 Å². The molecule has 0 saturated carbocycles. The number of hydrazine groups is 2. The molecule has 4 rings (SSSR count). The first kappa shape index (κ1) is 25.5. The highest BCUT2D eigenvalue weighted by atomic mass is 16.3. The van der Waals surface area contributed by atoms with Crippen LogP contribution in [0.3, 0.4) is 0 Å². The molecule has 6 N–H and O–H groups in total. The Kier molecular flexibility index (Phi) is 7.63. The average molecular weight is 511 g/mol. The summed E-state index contributed by atoms with van der Waals surface area (Å²) >= 11 is 0. The van der Waals surface area contributed by atoms with Crippen LogP contribution in [0, 0.1) is 0 Å². The maximum Gasteiger partial charge on any atom is 0.273 e. The zero-order chi connectivity index (χ0) is 27.1. The van der Waals surface area contributed by atoms with E-state index < -0.39 is 23.6 Å². The maximum absolute atomic E-state index is 12.4. The number of hydrogen-bond donors (Lipinski definition) is 6. The third-order valence-corrected chi connectivity index (χ3v) is 5.50. The number of rotatable bonds is 5. The van der Waals surface area contributed by atoms with Crippen LogP contribution in [0.5, 0.6) is 11.5 Å². The van der Waals surface area contributed by atoms with E-state index in [1.54, 1.807) is 72.8 Å². The minimum Gasteiger partial charge on any atom is -0.507 e. The lowest BCUT2D eigenvalue weighted by molar-refractivity contribution is 0.0845. The summed E-state index contributed by atoms with van der Waals surface area (Å²) in [5.41, 5.74) is 11.3. The summed E-state index contributed by atoms with van der Waals surface area (Å²) in [4.78, 5) is 49.0. The Balaban J connectivity index is 1.32. The number of phenols is 2. The van der Waals surface area contributed by atoms with Crippen molar-refractivity contribution >= 4 is 23.6 Å². The fraction of sp³-hybridized carbons (Fsp3) is 0. The molecule has 0 saturated heterocycles. The molecule has 0 spiro atoms. The highest BCUT2D eigenvalue weighted by Crippen LogP contribution is 2.21. The minimum absolute atomic E-state index is 0.0261. The second-order valence-electron chi connectivity index (χ2n) is 8.01. The molecule has 0 fully saturated rings. The van der Waals surface area contributed by atoms with Crippen molar-refractivity contribution in [2.24, 2.45) is 0 Å². The molecule has 0 radical (unpaired) electrons. The molecule has 0 aromatic heterocycles. The van der Waals surface area contributed by atoms with E-state index in [9.17, 15) is 29.4 Å². The second kappa shape index (κ2) is 11.4. The van der Waals surface area contributed by atoms with Crippen LogP contribution in [0.4, 0.5) is 0 Å². The van der Waals surface area contributed by atoms with Gasteiger partial charge in [-0.1, -0.05) is 48.5 Å². The van der Waals surface area contributed by atoms with Crippen molar-refractivity contribution in [2.75, 3.05) is 0 Å². The Morgan fingerprint density at radius 1 is 0.421 bits per heavy atom. The van der Waals surface area contributed by atoms with E-state index >= 15 is 0 Å². The molecule has 4 amide bonds. The molecule has 190 valence electrons. The standard InChI is InChI=1S/C28H22N4O6/c33-23-7-3-1-5-21(23)27(37)31-29-25(35)19-13-9-17(10-14-19)18-11-15-20(16-12-18)26(36)30-32-28(38)22-6-2-4-8-24(22)34/h1-16,33-34H,(H,29,35)(H,30,36)(H,31,37)(H,32,38). The first-order valence-corrected chi connectivity index (χ1v) is 11.3. The molecule has 10 heteroatoms. The van der Waals surface area contributed by atoms with Crippen molar-refractivity contribution in [2.45, 2.75) is 0 Å². The highest BCUT2D eigenvalue weighted by molar-refractivity contribution is 6.01. The second-order valence-corrected chi connectivity index (χ2v) is 8.01. The SMILES string of the molecule is O=C(NNC(=O)c1ccccc1O)c1ccc(-c2ccc(C(=O)NNC(=O)c3ccccc3O)cc2)cc1. The summed E-state index contributed by atoms with van der Waals surface area (Å²) in [6.45, 7) is 0. The summed E-state index contributed by atoms with van der Waals surface area (Å²) in [5, 5.41) is 19.5. The third-order valence-electron chi connectivity index (χ3n) is 5.50. The van der Waals surface area contributed by atoms with Crippen LogP contribution in [-0.4, -0.2) is 33.8 Å². The van der Waals surface area contributed by atoms with Crippen LogP contribution in [0.15, 0.2) is 97.1 Å².